The average Bonchev–Trinajstić information content (AvgIpc) is 2.67. The molecule has 0 saturated heterocycles. The molecular formula is C23H38O2S. The average molecular weight is 379 g/mol. The first-order valence-electron chi connectivity index (χ1n) is 10.5. The SMILES string of the molecule is CCCCCCCCCCC(C)SCC(C)C(=O)OCc1ccccc1. The van der Waals surface area contributed by atoms with E-state index in [4.69, 9.17) is 4.74 Å². The van der Waals surface area contributed by atoms with Crippen molar-refractivity contribution in [2.75, 3.05) is 5.75 Å². The highest BCUT2D eigenvalue weighted by Crippen LogP contribution is 2.21. The fraction of sp³-hybridized carbons (Fsp3) is 0.696. The molecular weight excluding hydrogens is 340 g/mol. The van der Waals surface area contributed by atoms with Gasteiger partial charge in [-0.2, -0.15) is 11.8 Å². The zero-order chi connectivity index (χ0) is 19.0. The van der Waals surface area contributed by atoms with Crippen molar-refractivity contribution in [1.29, 1.82) is 0 Å². The Kier molecular flexibility index (Phi) is 13.4. The third-order valence-electron chi connectivity index (χ3n) is 4.72. The van der Waals surface area contributed by atoms with E-state index >= 15 is 0 Å². The summed E-state index contributed by atoms with van der Waals surface area (Å²) in [6, 6.07) is 9.88. The molecule has 2 nitrogen and oxygen atoms in total. The Morgan fingerprint density at radius 1 is 0.962 bits per heavy atom. The van der Waals surface area contributed by atoms with E-state index in [1.165, 1.54) is 57.8 Å². The minimum atomic E-state index is -0.0827. The van der Waals surface area contributed by atoms with Gasteiger partial charge < -0.3 is 4.74 Å². The summed E-state index contributed by atoms with van der Waals surface area (Å²) in [5.41, 5.74) is 1.05. The molecule has 0 N–H and O–H groups in total. The van der Waals surface area contributed by atoms with Crippen LogP contribution in [0.2, 0.25) is 0 Å². The largest absolute Gasteiger partial charge is 0.461 e. The van der Waals surface area contributed by atoms with Crippen molar-refractivity contribution in [1.82, 2.24) is 0 Å². The lowest BCUT2D eigenvalue weighted by molar-refractivity contribution is -0.148. The lowest BCUT2D eigenvalue weighted by atomic mass is 10.1. The Labute approximate surface area is 165 Å². The summed E-state index contributed by atoms with van der Waals surface area (Å²) in [5, 5.41) is 0.625. The second-order valence-electron chi connectivity index (χ2n) is 7.40. The molecule has 0 fully saturated rings. The highest BCUT2D eigenvalue weighted by molar-refractivity contribution is 7.99. The van der Waals surface area contributed by atoms with Crippen molar-refractivity contribution in [2.45, 2.75) is 90.4 Å². The predicted octanol–water partition coefficient (Wildman–Crippen LogP) is 7.02. The third kappa shape index (κ3) is 11.6. The minimum Gasteiger partial charge on any atom is -0.461 e. The van der Waals surface area contributed by atoms with E-state index in [9.17, 15) is 4.79 Å². The molecule has 0 aliphatic heterocycles. The number of thioether (sulfide) groups is 1. The van der Waals surface area contributed by atoms with Gasteiger partial charge in [-0.15, -0.1) is 0 Å². The van der Waals surface area contributed by atoms with Gasteiger partial charge in [0.15, 0.2) is 0 Å². The molecule has 2 atom stereocenters. The summed E-state index contributed by atoms with van der Waals surface area (Å²) >= 11 is 1.91. The van der Waals surface area contributed by atoms with Gasteiger partial charge >= 0.3 is 5.97 Å². The molecule has 1 rings (SSSR count). The second kappa shape index (κ2) is 15.1. The molecule has 0 radical (unpaired) electrons. The normalized spacial score (nSPS) is 13.3. The molecule has 2 unspecified atom stereocenters. The van der Waals surface area contributed by atoms with E-state index in [1.54, 1.807) is 0 Å². The number of hydrogen-bond donors (Lipinski definition) is 0. The van der Waals surface area contributed by atoms with Crippen LogP contribution in [-0.2, 0) is 16.1 Å². The molecule has 1 aromatic rings. The van der Waals surface area contributed by atoms with Crippen LogP contribution in [0.15, 0.2) is 30.3 Å². The molecule has 148 valence electrons. The first kappa shape index (κ1) is 23.1. The van der Waals surface area contributed by atoms with Gasteiger partial charge in [-0.25, -0.2) is 0 Å². The van der Waals surface area contributed by atoms with Crippen molar-refractivity contribution >= 4 is 17.7 Å². The summed E-state index contributed by atoms with van der Waals surface area (Å²) in [5.74, 6) is 0.733. The number of rotatable bonds is 15. The van der Waals surface area contributed by atoms with Gasteiger partial charge in [0, 0.05) is 11.0 Å². The number of esters is 1. The van der Waals surface area contributed by atoms with Crippen LogP contribution in [0, 0.1) is 5.92 Å². The van der Waals surface area contributed by atoms with Crippen molar-refractivity contribution < 1.29 is 9.53 Å². The summed E-state index contributed by atoms with van der Waals surface area (Å²) < 4.78 is 5.42. The molecule has 26 heavy (non-hydrogen) atoms. The van der Waals surface area contributed by atoms with E-state index in [0.29, 0.717) is 11.9 Å². The van der Waals surface area contributed by atoms with E-state index in [1.807, 2.05) is 49.0 Å². The number of carbonyl (C=O) groups is 1. The maximum absolute atomic E-state index is 12.1. The molecule has 0 aliphatic rings. The zero-order valence-electron chi connectivity index (χ0n) is 17.0. The Morgan fingerprint density at radius 2 is 1.58 bits per heavy atom. The summed E-state index contributed by atoms with van der Waals surface area (Å²) in [6.07, 6.45) is 12.2. The van der Waals surface area contributed by atoms with Gasteiger partial charge in [0.2, 0.25) is 0 Å². The van der Waals surface area contributed by atoms with Crippen LogP contribution in [0.3, 0.4) is 0 Å². The Hall–Kier alpha value is -0.960. The lowest BCUT2D eigenvalue weighted by Gasteiger charge is -2.15. The quantitative estimate of drug-likeness (QED) is 0.242. The van der Waals surface area contributed by atoms with Crippen LogP contribution >= 0.6 is 11.8 Å². The summed E-state index contributed by atoms with van der Waals surface area (Å²) in [7, 11) is 0. The maximum Gasteiger partial charge on any atom is 0.309 e. The van der Waals surface area contributed by atoms with Crippen LogP contribution in [-0.4, -0.2) is 17.0 Å². The van der Waals surface area contributed by atoms with Gasteiger partial charge in [0.25, 0.3) is 0 Å². The number of hydrogen-bond acceptors (Lipinski definition) is 3. The molecule has 0 saturated carbocycles. The van der Waals surface area contributed by atoms with Gasteiger partial charge in [-0.05, 0) is 12.0 Å². The molecule has 0 bridgehead atoms. The third-order valence-corrected chi connectivity index (χ3v) is 6.22. The number of carbonyl (C=O) groups excluding carboxylic acids is 1. The monoisotopic (exact) mass is 378 g/mol. The van der Waals surface area contributed by atoms with Crippen LogP contribution in [0.25, 0.3) is 0 Å². The van der Waals surface area contributed by atoms with Crippen molar-refractivity contribution in [3.8, 4) is 0 Å². The Bertz CT molecular complexity index is 461. The first-order valence-corrected chi connectivity index (χ1v) is 11.5. The van der Waals surface area contributed by atoms with Crippen LogP contribution in [0.5, 0.6) is 0 Å². The smallest absolute Gasteiger partial charge is 0.309 e. The van der Waals surface area contributed by atoms with Crippen LogP contribution < -0.4 is 0 Å². The fourth-order valence-electron chi connectivity index (χ4n) is 2.90. The topological polar surface area (TPSA) is 26.3 Å². The highest BCUT2D eigenvalue weighted by atomic mass is 32.2. The maximum atomic E-state index is 12.1. The van der Waals surface area contributed by atoms with Gasteiger partial charge in [0.1, 0.15) is 6.61 Å². The predicted molar refractivity (Wildman–Crippen MR) is 115 cm³/mol. The Morgan fingerprint density at radius 3 is 2.23 bits per heavy atom. The van der Waals surface area contributed by atoms with Crippen LogP contribution in [0.1, 0.15) is 84.1 Å². The molecule has 0 heterocycles. The van der Waals surface area contributed by atoms with E-state index in [-0.39, 0.29) is 11.9 Å². The molecule has 0 aliphatic carbocycles. The standard InChI is InChI=1S/C23H38O2S/c1-4-5-6-7-8-9-10-12-15-21(3)26-19-20(2)23(24)25-18-22-16-13-11-14-17-22/h11,13-14,16-17,20-21H,4-10,12,15,18-19H2,1-3H3. The molecule has 1 aromatic carbocycles. The molecule has 0 aromatic heterocycles. The van der Waals surface area contributed by atoms with Gasteiger partial charge in [-0.3, -0.25) is 4.79 Å². The summed E-state index contributed by atoms with van der Waals surface area (Å²) in [6.45, 7) is 6.91. The zero-order valence-corrected chi connectivity index (χ0v) is 17.9. The summed E-state index contributed by atoms with van der Waals surface area (Å²) in [4.78, 5) is 12.1. The van der Waals surface area contributed by atoms with E-state index in [2.05, 4.69) is 13.8 Å². The lowest BCUT2D eigenvalue weighted by Crippen LogP contribution is -2.18. The fourth-order valence-corrected chi connectivity index (χ4v) is 3.98. The van der Waals surface area contributed by atoms with Crippen molar-refractivity contribution in [2.24, 2.45) is 5.92 Å². The molecule has 3 heteroatoms. The Balaban J connectivity index is 2.02. The van der Waals surface area contributed by atoms with Crippen LogP contribution in [0.4, 0.5) is 0 Å². The van der Waals surface area contributed by atoms with Crippen molar-refractivity contribution in [3.63, 3.8) is 0 Å². The highest BCUT2D eigenvalue weighted by Gasteiger charge is 2.16. The molecule has 0 spiro atoms. The molecule has 0 amide bonds. The number of benzene rings is 1. The minimum absolute atomic E-state index is 0.0373. The second-order valence-corrected chi connectivity index (χ2v) is 8.87. The van der Waals surface area contributed by atoms with E-state index < -0.39 is 0 Å². The van der Waals surface area contributed by atoms with Crippen molar-refractivity contribution in [3.05, 3.63) is 35.9 Å². The van der Waals surface area contributed by atoms with E-state index in [0.717, 1.165) is 11.3 Å². The number of unbranched alkanes of at least 4 members (excludes halogenated alkanes) is 7. The van der Waals surface area contributed by atoms with Gasteiger partial charge in [-0.1, -0.05) is 102 Å². The first-order chi connectivity index (χ1) is 12.6. The van der Waals surface area contributed by atoms with Gasteiger partial charge in [0.05, 0.1) is 5.92 Å². The number of ether oxygens (including phenoxy) is 1.